The Kier molecular flexibility index (Phi) is 31.7. The number of anilines is 4. The van der Waals surface area contributed by atoms with Crippen LogP contribution in [0, 0.1) is 21.6 Å². The lowest BCUT2D eigenvalue weighted by atomic mass is 10.1. The fourth-order valence-corrected chi connectivity index (χ4v) is 9.19. The highest BCUT2D eigenvalue weighted by Crippen LogP contribution is 2.28. The molecule has 4 rings (SSSR count). The van der Waals surface area contributed by atoms with Crippen LogP contribution in [0.4, 0.5) is 22.7 Å². The number of amides is 9. The van der Waals surface area contributed by atoms with E-state index in [2.05, 4.69) is 69.1 Å². The Morgan fingerprint density at radius 3 is 0.969 bits per heavy atom. The largest absolute Gasteiger partial charge is 0.496 e. The molecule has 0 aliphatic rings. The molecule has 0 radical (unpaired) electrons. The molecule has 35 heteroatoms. The van der Waals surface area contributed by atoms with Gasteiger partial charge in [-0.25, -0.2) is 0 Å². The van der Waals surface area contributed by atoms with Crippen molar-refractivity contribution in [2.45, 2.75) is 88.9 Å². The number of carbonyl (C=O) groups excluding carboxylic acids is 9. The number of nitrogens with one attached hydrogen (secondary N) is 17. The van der Waals surface area contributed by atoms with Gasteiger partial charge in [-0.2, -0.15) is 0 Å². The zero-order valence-corrected chi connectivity index (χ0v) is 54.0. The third-order valence-electron chi connectivity index (χ3n) is 14.0. The Hall–Kier alpha value is -11.7. The molecular formula is C61H88N22O13. The number of guanidine groups is 4. The van der Waals surface area contributed by atoms with E-state index in [4.69, 9.17) is 69.3 Å². The van der Waals surface area contributed by atoms with Crippen LogP contribution in [0.25, 0.3) is 0 Å². The highest BCUT2D eigenvalue weighted by atomic mass is 16.5. The smallest absolute Gasteiger partial charge is 0.255 e. The van der Waals surface area contributed by atoms with Gasteiger partial charge in [0.25, 0.3) is 23.6 Å². The first-order chi connectivity index (χ1) is 45.8. The topological polar surface area (TPSA) is 572 Å². The highest BCUT2D eigenvalue weighted by Gasteiger charge is 2.29. The molecular weight excluding hydrogens is 1250 g/mol. The lowest BCUT2D eigenvalue weighted by Gasteiger charge is -2.22. The molecule has 27 N–H and O–H groups in total. The van der Waals surface area contributed by atoms with E-state index in [1.807, 2.05) is 0 Å². The molecule has 4 atom stereocenters. The van der Waals surface area contributed by atoms with Crippen molar-refractivity contribution in [1.82, 2.24) is 47.9 Å². The van der Waals surface area contributed by atoms with Crippen molar-refractivity contribution < 1.29 is 62.1 Å². The third kappa shape index (κ3) is 25.8. The van der Waals surface area contributed by atoms with E-state index in [0.717, 1.165) is 0 Å². The van der Waals surface area contributed by atoms with E-state index in [1.54, 1.807) is 0 Å². The summed E-state index contributed by atoms with van der Waals surface area (Å²) in [5.41, 5.74) is 27.5. The average molecular weight is 1340 g/mol. The van der Waals surface area contributed by atoms with Crippen molar-refractivity contribution in [1.29, 1.82) is 21.6 Å². The number of unbranched alkanes of at least 4 members (excludes halogenated alkanes) is 1. The molecule has 0 saturated heterocycles. The molecule has 4 aromatic carbocycles. The van der Waals surface area contributed by atoms with Crippen molar-refractivity contribution >= 4 is 99.8 Å². The van der Waals surface area contributed by atoms with Crippen LogP contribution < -0.4 is 117 Å². The standard InChI is InChI=1S/C61H88N22O13/c1-33(76-49(84)14-6-7-24-72-58(63)64)50(85)77-34-15-20-46(94-3)39(30-34)52(87)81-43(12-9-26-74-60(67)68)56(91)79-36-17-22-48(96-5)41(32-36)54(89)83-44(13-10-27-75-61(69)70)57(92)80-37-18-21-47(95-4)40(31-37)53(88)82-42(11-8-25-73-59(65)66)55(90)78-35-16-19-45(93-2)38(29-35)51(86)71-28-23-62/h15-22,29-33,42-44H,6-14,23-28,62H2,1-5H3,(H,71,86)(H,76,84)(H,77,85)(H,78,90)(H,79,91)(H,80,92)(H,81,87)(H,82,88)(H,83,89)(H4,63,64,72)(H4,65,66,73)(H4,67,68,74)(H4,69,70,75)/t33-,42-,43-,44-/m1/s1. The molecule has 0 unspecified atom stereocenters. The van der Waals surface area contributed by atoms with Gasteiger partial charge in [0.2, 0.25) is 29.5 Å². The average Bonchev–Trinajstić information content (AvgIpc) is 0.880. The Labute approximate surface area is 554 Å². The number of hydrogen-bond acceptors (Lipinski definition) is 18. The van der Waals surface area contributed by atoms with Gasteiger partial charge in [0.05, 0.1) is 50.7 Å². The molecule has 0 bridgehead atoms. The molecule has 0 spiro atoms. The van der Waals surface area contributed by atoms with Gasteiger partial charge in [-0.05, 0) is 131 Å². The van der Waals surface area contributed by atoms with Crippen LogP contribution in [-0.4, -0.2) is 169 Å². The fourth-order valence-electron chi connectivity index (χ4n) is 9.19. The Bertz CT molecular complexity index is 3440. The molecule has 0 aliphatic carbocycles. The van der Waals surface area contributed by atoms with Crippen molar-refractivity contribution in [3.63, 3.8) is 0 Å². The van der Waals surface area contributed by atoms with E-state index < -0.39 is 71.4 Å². The Morgan fingerprint density at radius 1 is 0.385 bits per heavy atom. The van der Waals surface area contributed by atoms with Gasteiger partial charge in [-0.1, -0.05) is 0 Å². The van der Waals surface area contributed by atoms with Crippen LogP contribution in [0.3, 0.4) is 0 Å². The van der Waals surface area contributed by atoms with Crippen molar-refractivity contribution in [2.75, 3.05) is 89.0 Å². The van der Waals surface area contributed by atoms with E-state index in [9.17, 15) is 43.2 Å². The molecule has 35 nitrogen and oxygen atoms in total. The van der Waals surface area contributed by atoms with Gasteiger partial charge < -0.3 is 117 Å². The summed E-state index contributed by atoms with van der Waals surface area (Å²) in [5.74, 6) is -7.02. The maximum Gasteiger partial charge on any atom is 0.255 e. The first-order valence-corrected chi connectivity index (χ1v) is 30.3. The van der Waals surface area contributed by atoms with Crippen molar-refractivity contribution in [3.8, 4) is 23.0 Å². The second kappa shape index (κ2) is 39.7. The van der Waals surface area contributed by atoms with Crippen LogP contribution in [0.2, 0.25) is 0 Å². The zero-order chi connectivity index (χ0) is 70.9. The number of nitrogens with two attached hydrogens (primary N) is 5. The molecule has 0 fully saturated rings. The summed E-state index contributed by atoms with van der Waals surface area (Å²) in [6.07, 6.45) is 1.70. The van der Waals surface area contributed by atoms with Gasteiger partial charge in [0.15, 0.2) is 23.8 Å². The third-order valence-corrected chi connectivity index (χ3v) is 14.0. The zero-order valence-electron chi connectivity index (χ0n) is 54.0. The molecule has 4 aromatic rings. The summed E-state index contributed by atoms with van der Waals surface area (Å²) >= 11 is 0. The monoisotopic (exact) mass is 1340 g/mol. The van der Waals surface area contributed by atoms with Crippen molar-refractivity contribution in [2.24, 2.45) is 28.7 Å². The minimum absolute atomic E-state index is 0.0153. The van der Waals surface area contributed by atoms with Crippen LogP contribution in [0.15, 0.2) is 72.8 Å². The Balaban J connectivity index is 1.58. The molecule has 96 heavy (non-hydrogen) atoms. The minimum atomic E-state index is -1.34. The van der Waals surface area contributed by atoms with Crippen LogP contribution in [0.1, 0.15) is 106 Å². The van der Waals surface area contributed by atoms with Crippen LogP contribution in [-0.2, 0) is 24.0 Å². The summed E-state index contributed by atoms with van der Waals surface area (Å²) in [6, 6.07) is 11.9. The van der Waals surface area contributed by atoms with Gasteiger partial charge in [-0.3, -0.25) is 64.8 Å². The molecule has 9 amide bonds. The molecule has 0 aliphatic heterocycles. The number of hydrogen-bond donors (Lipinski definition) is 22. The summed E-state index contributed by atoms with van der Waals surface area (Å²) in [5, 5.41) is 64.9. The Morgan fingerprint density at radius 2 is 0.677 bits per heavy atom. The number of carbonyl (C=O) groups is 9. The van der Waals surface area contributed by atoms with Gasteiger partial charge in [0, 0.05) is 68.4 Å². The van der Waals surface area contributed by atoms with E-state index in [0.29, 0.717) is 19.4 Å². The summed E-state index contributed by atoms with van der Waals surface area (Å²) < 4.78 is 21.9. The first kappa shape index (κ1) is 76.8. The maximum absolute atomic E-state index is 14.4. The predicted molar refractivity (Wildman–Crippen MR) is 360 cm³/mol. The highest BCUT2D eigenvalue weighted by molar-refractivity contribution is 6.08. The lowest BCUT2D eigenvalue weighted by Crippen LogP contribution is -2.45. The molecule has 0 aromatic heterocycles. The normalized spacial score (nSPS) is 11.8. The van der Waals surface area contributed by atoms with E-state index in [1.165, 1.54) is 108 Å². The lowest BCUT2D eigenvalue weighted by molar-refractivity contribution is -0.126. The quantitative estimate of drug-likeness (QED) is 0.0152. The number of methoxy groups -OCH3 is 4. The minimum Gasteiger partial charge on any atom is -0.496 e. The first-order valence-electron chi connectivity index (χ1n) is 30.3. The van der Waals surface area contributed by atoms with Gasteiger partial charge in [-0.15, -0.1) is 0 Å². The van der Waals surface area contributed by atoms with Gasteiger partial charge >= 0.3 is 0 Å². The number of ether oxygens (including phenoxy) is 4. The van der Waals surface area contributed by atoms with Gasteiger partial charge in [0.1, 0.15) is 47.2 Å². The summed E-state index contributed by atoms with van der Waals surface area (Å²) in [4.78, 5) is 124. The van der Waals surface area contributed by atoms with Crippen molar-refractivity contribution in [3.05, 3.63) is 95.1 Å². The summed E-state index contributed by atoms with van der Waals surface area (Å²) in [7, 11) is 5.28. The van der Waals surface area contributed by atoms with Crippen LogP contribution in [0.5, 0.6) is 23.0 Å². The van der Waals surface area contributed by atoms with E-state index >= 15 is 0 Å². The molecule has 0 heterocycles. The SMILES string of the molecule is COc1ccc(NC(=O)[C@@H](CCCNC(=N)N)NC(=O)c2cc(NC(=O)[C@@H](CCCNC(=N)N)NC(=O)c3cc(NC(=O)[C@@H](CCCNC(=N)N)NC(=O)c4cc(NC(=O)[C@@H](C)NC(=O)CCCCNC(=N)N)ccc4OC)ccc3OC)ccc2OC)cc1C(=O)NCCN. The van der Waals surface area contributed by atoms with Crippen LogP contribution >= 0.6 is 0 Å². The van der Waals surface area contributed by atoms with E-state index in [-0.39, 0.29) is 175 Å². The number of rotatable bonds is 39. The summed E-state index contributed by atoms with van der Waals surface area (Å²) in [6.45, 7) is 2.63. The fraction of sp³-hybridized carbons (Fsp3) is 0.393. The second-order valence-corrected chi connectivity index (χ2v) is 21.3. The molecule has 0 saturated carbocycles. The predicted octanol–water partition coefficient (Wildman–Crippen LogP) is -0.493. The molecule has 520 valence electrons. The maximum atomic E-state index is 14.4. The number of benzene rings is 4. The second-order valence-electron chi connectivity index (χ2n) is 21.3.